The first-order valence-corrected chi connectivity index (χ1v) is 18.3. The SMILES string of the molecule is CCCc1ncc(C(=O)OC(C)C(C)(C)O)n1Cc1ccc(-c2ccccc2)c(-c2nnn(C(c3ccccc3)(c3ccccc3)c3ccccc3)n2)c1. The van der Waals surface area contributed by atoms with Gasteiger partial charge in [0.1, 0.15) is 17.6 Å². The summed E-state index contributed by atoms with van der Waals surface area (Å²) in [6, 6.07) is 47.2. The highest BCUT2D eigenvalue weighted by Crippen LogP contribution is 2.40. The second-order valence-corrected chi connectivity index (χ2v) is 14.1. The highest BCUT2D eigenvalue weighted by atomic mass is 16.6. The number of aryl methyl sites for hydroxylation is 1. The van der Waals surface area contributed by atoms with Gasteiger partial charge in [0.25, 0.3) is 0 Å². The summed E-state index contributed by atoms with van der Waals surface area (Å²) in [7, 11) is 0. The predicted octanol–water partition coefficient (Wildman–Crippen LogP) is 8.36. The van der Waals surface area contributed by atoms with Gasteiger partial charge in [-0.3, -0.25) is 0 Å². The predicted molar refractivity (Wildman–Crippen MR) is 210 cm³/mol. The average Bonchev–Trinajstić information content (AvgIpc) is 3.85. The lowest BCUT2D eigenvalue weighted by Crippen LogP contribution is -2.39. The summed E-state index contributed by atoms with van der Waals surface area (Å²) in [6.45, 7) is 7.36. The lowest BCUT2D eigenvalue weighted by Gasteiger charge is -2.34. The van der Waals surface area contributed by atoms with Crippen molar-refractivity contribution in [2.45, 2.75) is 64.3 Å². The van der Waals surface area contributed by atoms with Gasteiger partial charge in [0.05, 0.1) is 11.8 Å². The van der Waals surface area contributed by atoms with E-state index in [1.54, 1.807) is 31.8 Å². The molecule has 0 aliphatic rings. The first-order chi connectivity index (χ1) is 26.2. The molecular weight excluding hydrogens is 673 g/mol. The number of hydrogen-bond donors (Lipinski definition) is 1. The molecule has 0 amide bonds. The van der Waals surface area contributed by atoms with Crippen LogP contribution in [0.25, 0.3) is 22.5 Å². The Morgan fingerprint density at radius 1 is 0.778 bits per heavy atom. The molecule has 0 aliphatic heterocycles. The molecule has 2 aromatic heterocycles. The van der Waals surface area contributed by atoms with Crippen LogP contribution >= 0.6 is 0 Å². The molecule has 7 aromatic rings. The van der Waals surface area contributed by atoms with E-state index in [-0.39, 0.29) is 0 Å². The molecule has 2 heterocycles. The van der Waals surface area contributed by atoms with Crippen LogP contribution in [0.15, 0.2) is 146 Å². The van der Waals surface area contributed by atoms with E-state index in [2.05, 4.69) is 78.6 Å². The zero-order valence-electron chi connectivity index (χ0n) is 31.0. The van der Waals surface area contributed by atoms with Crippen LogP contribution in [0.5, 0.6) is 0 Å². The summed E-state index contributed by atoms with van der Waals surface area (Å²) in [5.41, 5.74) is 4.84. The van der Waals surface area contributed by atoms with Crippen LogP contribution < -0.4 is 0 Å². The molecule has 0 fully saturated rings. The fourth-order valence-electron chi connectivity index (χ4n) is 6.82. The van der Waals surface area contributed by atoms with Crippen molar-refractivity contribution in [1.29, 1.82) is 0 Å². The summed E-state index contributed by atoms with van der Waals surface area (Å²) in [5, 5.41) is 25.3. The quantitative estimate of drug-likeness (QED) is 0.0944. The van der Waals surface area contributed by atoms with Crippen molar-refractivity contribution in [3.05, 3.63) is 179 Å². The lowest BCUT2D eigenvalue weighted by molar-refractivity contribution is -0.0562. The van der Waals surface area contributed by atoms with Crippen molar-refractivity contribution in [2.75, 3.05) is 0 Å². The van der Waals surface area contributed by atoms with Gasteiger partial charge in [0, 0.05) is 18.5 Å². The molecular formula is C45H44N6O3. The van der Waals surface area contributed by atoms with E-state index in [0.717, 1.165) is 51.2 Å². The summed E-state index contributed by atoms with van der Waals surface area (Å²) in [6.07, 6.45) is 2.37. The lowest BCUT2D eigenvalue weighted by atomic mass is 9.77. The molecule has 1 atom stereocenters. The van der Waals surface area contributed by atoms with Crippen LogP contribution in [0.1, 0.15) is 72.7 Å². The number of rotatable bonds is 13. The molecule has 0 saturated heterocycles. The maximum absolute atomic E-state index is 13.5. The molecule has 0 aliphatic carbocycles. The Morgan fingerprint density at radius 3 is 1.87 bits per heavy atom. The Hall–Kier alpha value is -6.19. The third-order valence-corrected chi connectivity index (χ3v) is 9.94. The molecule has 1 unspecified atom stereocenters. The molecule has 0 saturated carbocycles. The molecule has 1 N–H and O–H groups in total. The van der Waals surface area contributed by atoms with Gasteiger partial charge < -0.3 is 14.4 Å². The van der Waals surface area contributed by atoms with Crippen molar-refractivity contribution in [3.8, 4) is 22.5 Å². The standard InChI is InChI=1S/C45H44N6O3/c1-5-18-41-46-30-40(43(52)54-32(2)44(3,4)53)50(41)31-33-27-28-38(34-19-10-6-11-20-34)39(29-33)42-47-49-51(48-42)45(35-21-12-7-13-22-35,36-23-14-8-15-24-36)37-25-16-9-17-26-37/h6-17,19-30,32,53H,5,18,31H2,1-4H3. The van der Waals surface area contributed by atoms with E-state index in [1.165, 1.54) is 0 Å². The second kappa shape index (κ2) is 15.4. The number of carbonyl (C=O) groups excluding carboxylic acids is 1. The number of tetrazole rings is 1. The number of nitrogens with zero attached hydrogens (tertiary/aromatic N) is 6. The second-order valence-electron chi connectivity index (χ2n) is 14.1. The number of ether oxygens (including phenoxy) is 1. The van der Waals surface area contributed by atoms with Gasteiger partial charge in [0.2, 0.25) is 5.82 Å². The summed E-state index contributed by atoms with van der Waals surface area (Å²) >= 11 is 0. The number of carbonyl (C=O) groups is 1. The summed E-state index contributed by atoms with van der Waals surface area (Å²) in [4.78, 5) is 19.8. The van der Waals surface area contributed by atoms with Gasteiger partial charge in [-0.1, -0.05) is 140 Å². The average molecular weight is 717 g/mol. The van der Waals surface area contributed by atoms with Crippen molar-refractivity contribution in [3.63, 3.8) is 0 Å². The number of hydrogen-bond acceptors (Lipinski definition) is 7. The van der Waals surface area contributed by atoms with E-state index < -0.39 is 23.2 Å². The molecule has 9 heteroatoms. The van der Waals surface area contributed by atoms with Crippen molar-refractivity contribution < 1.29 is 14.6 Å². The van der Waals surface area contributed by atoms with E-state index >= 15 is 0 Å². The highest BCUT2D eigenvalue weighted by Gasteiger charge is 2.41. The Bertz CT molecular complexity index is 2220. The Morgan fingerprint density at radius 2 is 1.33 bits per heavy atom. The third kappa shape index (κ3) is 7.10. The maximum atomic E-state index is 13.5. The summed E-state index contributed by atoms with van der Waals surface area (Å²) < 4.78 is 7.61. The zero-order chi connectivity index (χ0) is 37.7. The van der Waals surface area contributed by atoms with Crippen molar-refractivity contribution in [1.82, 2.24) is 29.8 Å². The molecule has 0 spiro atoms. The molecule has 54 heavy (non-hydrogen) atoms. The molecule has 272 valence electrons. The Labute approximate surface area is 315 Å². The third-order valence-electron chi connectivity index (χ3n) is 9.94. The number of aromatic nitrogens is 6. The van der Waals surface area contributed by atoms with Crippen LogP contribution in [0, 0.1) is 0 Å². The minimum atomic E-state index is -1.20. The topological polar surface area (TPSA) is 108 Å². The van der Waals surface area contributed by atoms with Gasteiger partial charge >= 0.3 is 5.97 Å². The fraction of sp³-hybridized carbons (Fsp3) is 0.222. The minimum absolute atomic E-state index is 0.325. The van der Waals surface area contributed by atoms with Crippen LogP contribution in [-0.2, 0) is 23.2 Å². The van der Waals surface area contributed by atoms with Crippen molar-refractivity contribution >= 4 is 5.97 Å². The number of benzene rings is 5. The molecule has 9 nitrogen and oxygen atoms in total. The smallest absolute Gasteiger partial charge is 0.357 e. The number of aliphatic hydroxyl groups is 1. The highest BCUT2D eigenvalue weighted by molar-refractivity contribution is 5.88. The largest absolute Gasteiger partial charge is 0.455 e. The first kappa shape index (κ1) is 36.2. The van der Waals surface area contributed by atoms with E-state index in [4.69, 9.17) is 20.1 Å². The first-order valence-electron chi connectivity index (χ1n) is 18.3. The molecule has 7 rings (SSSR count). The van der Waals surface area contributed by atoms with Crippen LogP contribution in [0.2, 0.25) is 0 Å². The molecule has 5 aromatic carbocycles. The Balaban J connectivity index is 1.37. The summed E-state index contributed by atoms with van der Waals surface area (Å²) in [5.74, 6) is 0.696. The van der Waals surface area contributed by atoms with E-state index in [0.29, 0.717) is 24.5 Å². The number of esters is 1. The minimum Gasteiger partial charge on any atom is -0.455 e. The van der Waals surface area contributed by atoms with E-state index in [9.17, 15) is 9.90 Å². The zero-order valence-corrected chi connectivity index (χ0v) is 31.0. The van der Waals surface area contributed by atoms with Crippen molar-refractivity contribution in [2.24, 2.45) is 0 Å². The van der Waals surface area contributed by atoms with Gasteiger partial charge in [-0.15, -0.1) is 15.0 Å². The van der Waals surface area contributed by atoms with Gasteiger partial charge in [-0.2, -0.15) is 0 Å². The van der Waals surface area contributed by atoms with E-state index in [1.807, 2.05) is 77.4 Å². The maximum Gasteiger partial charge on any atom is 0.357 e. The van der Waals surface area contributed by atoms with Crippen LogP contribution in [0.3, 0.4) is 0 Å². The van der Waals surface area contributed by atoms with Crippen LogP contribution in [0.4, 0.5) is 0 Å². The van der Waals surface area contributed by atoms with Gasteiger partial charge in [-0.05, 0) is 71.9 Å². The van der Waals surface area contributed by atoms with Crippen LogP contribution in [-0.4, -0.2) is 52.5 Å². The van der Waals surface area contributed by atoms with Gasteiger partial charge in [-0.25, -0.2) is 9.78 Å². The van der Waals surface area contributed by atoms with Gasteiger partial charge in [0.15, 0.2) is 5.54 Å². The molecule has 0 radical (unpaired) electrons. The number of imidazole rings is 1. The monoisotopic (exact) mass is 716 g/mol. The fourth-order valence-corrected chi connectivity index (χ4v) is 6.82. The normalized spacial score (nSPS) is 12.4. The Kier molecular flexibility index (Phi) is 10.3. The molecule has 0 bridgehead atoms.